The smallest absolute Gasteiger partial charge is 0.335 e. The van der Waals surface area contributed by atoms with Gasteiger partial charge in [0.2, 0.25) is 0 Å². The molecule has 2 aromatic rings. The Kier molecular flexibility index (Phi) is 4.38. The Bertz CT molecular complexity index is 764. The Hall–Kier alpha value is -2.63. The zero-order chi connectivity index (χ0) is 17.3. The first kappa shape index (κ1) is 16.2. The van der Waals surface area contributed by atoms with Gasteiger partial charge in [0, 0.05) is 24.3 Å². The molecule has 1 atom stereocenters. The Labute approximate surface area is 140 Å². The molecule has 1 aromatic carbocycles. The van der Waals surface area contributed by atoms with Crippen LogP contribution in [0.15, 0.2) is 30.3 Å². The van der Waals surface area contributed by atoms with Gasteiger partial charge in [-0.2, -0.15) is 5.10 Å². The number of hydrogen-bond donors (Lipinski definition) is 1. The fraction of sp³-hybridized carbons (Fsp3) is 0.389. The number of benzene rings is 1. The summed E-state index contributed by atoms with van der Waals surface area (Å²) in [5.41, 5.74) is 2.80. The van der Waals surface area contributed by atoms with Crippen LogP contribution in [0.3, 0.4) is 0 Å². The van der Waals surface area contributed by atoms with E-state index < -0.39 is 5.97 Å². The number of aromatic nitrogens is 2. The minimum absolute atomic E-state index is 0.0573. The number of likely N-dealkylation sites (tertiary alicyclic amines) is 1. The maximum Gasteiger partial charge on any atom is 0.335 e. The summed E-state index contributed by atoms with van der Waals surface area (Å²) < 4.78 is 2.02. The molecule has 126 valence electrons. The Balaban J connectivity index is 1.75. The number of carbonyl (C=O) groups is 2. The molecule has 0 saturated carbocycles. The highest BCUT2D eigenvalue weighted by Crippen LogP contribution is 2.24. The van der Waals surface area contributed by atoms with E-state index in [1.54, 1.807) is 12.1 Å². The van der Waals surface area contributed by atoms with E-state index in [9.17, 15) is 9.59 Å². The number of amides is 1. The largest absolute Gasteiger partial charge is 0.478 e. The highest BCUT2D eigenvalue weighted by molar-refractivity contribution is 5.96. The standard InChI is InChI=1S/C18H21N3O3/c1-12-10-13(2)21(19-12)16-4-3-9-20(11-16)17(22)14-5-7-15(8-6-14)18(23)24/h5-8,10,16H,3-4,9,11H2,1-2H3,(H,23,24). The van der Waals surface area contributed by atoms with Crippen LogP contribution in [0.25, 0.3) is 0 Å². The summed E-state index contributed by atoms with van der Waals surface area (Å²) in [6, 6.07) is 8.34. The molecule has 24 heavy (non-hydrogen) atoms. The van der Waals surface area contributed by atoms with Crippen LogP contribution in [0.1, 0.15) is 51.0 Å². The quantitative estimate of drug-likeness (QED) is 0.940. The highest BCUT2D eigenvalue weighted by atomic mass is 16.4. The number of carboxylic acid groups (broad SMARTS) is 1. The third-order valence-electron chi connectivity index (χ3n) is 4.45. The number of carboxylic acids is 1. The van der Waals surface area contributed by atoms with Crippen LogP contribution in [0.5, 0.6) is 0 Å². The summed E-state index contributed by atoms with van der Waals surface area (Å²) in [7, 11) is 0. The zero-order valence-electron chi connectivity index (χ0n) is 13.9. The van der Waals surface area contributed by atoms with Crippen molar-refractivity contribution in [2.45, 2.75) is 32.7 Å². The minimum Gasteiger partial charge on any atom is -0.478 e. The van der Waals surface area contributed by atoms with Crippen molar-refractivity contribution in [1.82, 2.24) is 14.7 Å². The van der Waals surface area contributed by atoms with E-state index >= 15 is 0 Å². The summed E-state index contributed by atoms with van der Waals surface area (Å²) in [5.74, 6) is -1.05. The molecule has 0 aliphatic carbocycles. The second-order valence-electron chi connectivity index (χ2n) is 6.30. The number of nitrogens with zero attached hydrogens (tertiary/aromatic N) is 3. The lowest BCUT2D eigenvalue weighted by molar-refractivity contribution is 0.0666. The van der Waals surface area contributed by atoms with Crippen molar-refractivity contribution in [2.24, 2.45) is 0 Å². The first-order valence-corrected chi connectivity index (χ1v) is 8.11. The van der Waals surface area contributed by atoms with Gasteiger partial charge in [-0.1, -0.05) is 0 Å². The number of aryl methyl sites for hydroxylation is 2. The van der Waals surface area contributed by atoms with E-state index in [1.807, 2.05) is 29.5 Å². The van der Waals surface area contributed by atoms with Gasteiger partial charge in [0.1, 0.15) is 0 Å². The fourth-order valence-electron chi connectivity index (χ4n) is 3.29. The van der Waals surface area contributed by atoms with Gasteiger partial charge in [-0.25, -0.2) is 4.79 Å². The second-order valence-corrected chi connectivity index (χ2v) is 6.30. The summed E-state index contributed by atoms with van der Waals surface area (Å²) in [4.78, 5) is 25.4. The predicted molar refractivity (Wildman–Crippen MR) is 89.3 cm³/mol. The molecule has 0 bridgehead atoms. The van der Waals surface area contributed by atoms with Crippen molar-refractivity contribution in [3.63, 3.8) is 0 Å². The van der Waals surface area contributed by atoms with Crippen LogP contribution in [-0.4, -0.2) is 44.8 Å². The molecule has 0 radical (unpaired) electrons. The average Bonchev–Trinajstić information content (AvgIpc) is 2.93. The maximum absolute atomic E-state index is 12.7. The average molecular weight is 327 g/mol. The molecule has 1 aliphatic heterocycles. The van der Waals surface area contributed by atoms with Crippen molar-refractivity contribution in [2.75, 3.05) is 13.1 Å². The van der Waals surface area contributed by atoms with E-state index in [-0.39, 0.29) is 17.5 Å². The van der Waals surface area contributed by atoms with Gasteiger partial charge >= 0.3 is 5.97 Å². The highest BCUT2D eigenvalue weighted by Gasteiger charge is 2.26. The molecule has 1 saturated heterocycles. The van der Waals surface area contributed by atoms with E-state index in [2.05, 4.69) is 5.10 Å². The molecule has 1 fully saturated rings. The Morgan fingerprint density at radius 1 is 1.17 bits per heavy atom. The Morgan fingerprint density at radius 3 is 2.42 bits per heavy atom. The first-order chi connectivity index (χ1) is 11.5. The van der Waals surface area contributed by atoms with E-state index in [0.29, 0.717) is 12.1 Å². The maximum atomic E-state index is 12.7. The van der Waals surface area contributed by atoms with Gasteiger partial charge in [0.25, 0.3) is 5.91 Å². The fourth-order valence-corrected chi connectivity index (χ4v) is 3.29. The molecule has 6 nitrogen and oxygen atoms in total. The summed E-state index contributed by atoms with van der Waals surface area (Å²) in [6.07, 6.45) is 1.94. The minimum atomic E-state index is -0.989. The molecule has 1 aliphatic rings. The van der Waals surface area contributed by atoms with Crippen molar-refractivity contribution < 1.29 is 14.7 Å². The predicted octanol–water partition coefficient (Wildman–Crippen LogP) is 2.68. The SMILES string of the molecule is Cc1cc(C)n(C2CCCN(C(=O)c3ccc(C(=O)O)cc3)C2)n1. The molecule has 6 heteroatoms. The van der Waals surface area contributed by atoms with Crippen LogP contribution >= 0.6 is 0 Å². The zero-order valence-corrected chi connectivity index (χ0v) is 13.9. The topological polar surface area (TPSA) is 75.4 Å². The molecule has 1 N–H and O–H groups in total. The molecule has 2 heterocycles. The molecular formula is C18H21N3O3. The van der Waals surface area contributed by atoms with Crippen molar-refractivity contribution in [1.29, 1.82) is 0 Å². The molecule has 1 unspecified atom stereocenters. The lowest BCUT2D eigenvalue weighted by Crippen LogP contribution is -2.41. The van der Waals surface area contributed by atoms with Crippen LogP contribution in [0, 0.1) is 13.8 Å². The number of rotatable bonds is 3. The molecular weight excluding hydrogens is 306 g/mol. The van der Waals surface area contributed by atoms with E-state index in [4.69, 9.17) is 5.11 Å². The molecule has 1 amide bonds. The lowest BCUT2D eigenvalue weighted by Gasteiger charge is -2.33. The monoisotopic (exact) mass is 327 g/mol. The van der Waals surface area contributed by atoms with Crippen LogP contribution in [0.4, 0.5) is 0 Å². The van der Waals surface area contributed by atoms with E-state index in [1.165, 1.54) is 12.1 Å². The Morgan fingerprint density at radius 2 is 1.83 bits per heavy atom. The van der Waals surface area contributed by atoms with Gasteiger partial charge in [0.05, 0.1) is 17.3 Å². The third-order valence-corrected chi connectivity index (χ3v) is 4.45. The molecule has 3 rings (SSSR count). The molecule has 0 spiro atoms. The van der Waals surface area contributed by atoms with Crippen LogP contribution < -0.4 is 0 Å². The number of carbonyl (C=O) groups excluding carboxylic acids is 1. The summed E-state index contributed by atoms with van der Waals surface area (Å²) >= 11 is 0. The third kappa shape index (κ3) is 3.18. The van der Waals surface area contributed by atoms with Gasteiger partial charge in [-0.05, 0) is 57.0 Å². The van der Waals surface area contributed by atoms with Crippen molar-refractivity contribution in [3.8, 4) is 0 Å². The lowest BCUT2D eigenvalue weighted by atomic mass is 10.0. The normalized spacial score (nSPS) is 17.8. The van der Waals surface area contributed by atoms with Gasteiger partial charge < -0.3 is 10.0 Å². The van der Waals surface area contributed by atoms with Gasteiger partial charge in [-0.3, -0.25) is 9.48 Å². The number of hydrogen-bond acceptors (Lipinski definition) is 3. The second kappa shape index (κ2) is 6.47. The van der Waals surface area contributed by atoms with Gasteiger partial charge in [-0.15, -0.1) is 0 Å². The van der Waals surface area contributed by atoms with Crippen LogP contribution in [0.2, 0.25) is 0 Å². The van der Waals surface area contributed by atoms with E-state index in [0.717, 1.165) is 30.8 Å². The summed E-state index contributed by atoms with van der Waals surface area (Å²) in [5, 5.41) is 13.5. The van der Waals surface area contributed by atoms with Crippen molar-refractivity contribution in [3.05, 3.63) is 52.8 Å². The number of aromatic carboxylic acids is 1. The van der Waals surface area contributed by atoms with Crippen LogP contribution in [-0.2, 0) is 0 Å². The molecule has 1 aromatic heterocycles. The number of piperidine rings is 1. The van der Waals surface area contributed by atoms with Gasteiger partial charge in [0.15, 0.2) is 0 Å². The first-order valence-electron chi connectivity index (χ1n) is 8.11. The summed E-state index contributed by atoms with van der Waals surface area (Å²) in [6.45, 7) is 5.35. The van der Waals surface area contributed by atoms with Crippen molar-refractivity contribution >= 4 is 11.9 Å².